The summed E-state index contributed by atoms with van der Waals surface area (Å²) in [4.78, 5) is 15.7. The zero-order valence-electron chi connectivity index (χ0n) is 11.0. The van der Waals surface area contributed by atoms with E-state index in [0.29, 0.717) is 19.6 Å². The third-order valence-corrected chi connectivity index (χ3v) is 3.57. The Bertz CT molecular complexity index is 413. The second-order valence-electron chi connectivity index (χ2n) is 5.01. The van der Waals surface area contributed by atoms with Crippen LogP contribution in [0.25, 0.3) is 0 Å². The van der Waals surface area contributed by atoms with Crippen LogP contribution in [0.2, 0.25) is 0 Å². The molecule has 1 saturated heterocycles. The first-order valence-corrected chi connectivity index (χ1v) is 6.30. The molecule has 1 aliphatic heterocycles. The number of hydrogen-bond donors (Lipinski definition) is 1. The standard InChI is InChI=1S/C14H20N2O2/c1-3-14(18)10-16(11-14)9-13(17)15(2)12-7-5-4-6-8-12/h4-8,18H,3,9-11H2,1-2H3. The number of carbonyl (C=O) groups excluding carboxylic acids is 1. The van der Waals surface area contributed by atoms with Crippen molar-refractivity contribution in [2.24, 2.45) is 0 Å². The molecule has 0 aromatic heterocycles. The second kappa shape index (κ2) is 5.08. The number of β-amino-alcohol motifs (C(OH)–C–C–N with tert-alkyl or cyclic N) is 1. The molecule has 4 nitrogen and oxygen atoms in total. The number of benzene rings is 1. The van der Waals surface area contributed by atoms with E-state index >= 15 is 0 Å². The van der Waals surface area contributed by atoms with Crippen LogP contribution in [0.3, 0.4) is 0 Å². The minimum atomic E-state index is -0.578. The fourth-order valence-corrected chi connectivity index (χ4v) is 2.21. The molecule has 0 radical (unpaired) electrons. The molecule has 0 saturated carbocycles. The van der Waals surface area contributed by atoms with Crippen LogP contribution in [0.4, 0.5) is 5.69 Å². The molecular formula is C14H20N2O2. The Morgan fingerprint density at radius 3 is 2.56 bits per heavy atom. The summed E-state index contributed by atoms with van der Waals surface area (Å²) in [5.41, 5.74) is 0.319. The van der Waals surface area contributed by atoms with Gasteiger partial charge in [0.15, 0.2) is 0 Å². The van der Waals surface area contributed by atoms with Crippen LogP contribution in [-0.4, -0.2) is 48.2 Å². The van der Waals surface area contributed by atoms with Gasteiger partial charge in [0, 0.05) is 25.8 Å². The number of carbonyl (C=O) groups is 1. The van der Waals surface area contributed by atoms with E-state index in [-0.39, 0.29) is 5.91 Å². The minimum absolute atomic E-state index is 0.0550. The van der Waals surface area contributed by atoms with E-state index in [9.17, 15) is 9.90 Å². The molecule has 1 aromatic carbocycles. The molecule has 0 unspecified atom stereocenters. The van der Waals surface area contributed by atoms with E-state index in [1.165, 1.54) is 0 Å². The second-order valence-corrected chi connectivity index (χ2v) is 5.01. The quantitative estimate of drug-likeness (QED) is 0.868. The van der Waals surface area contributed by atoms with Gasteiger partial charge in [0.2, 0.25) is 5.91 Å². The molecule has 1 aliphatic rings. The van der Waals surface area contributed by atoms with Crippen molar-refractivity contribution in [3.8, 4) is 0 Å². The lowest BCUT2D eigenvalue weighted by molar-refractivity contribution is -0.130. The molecule has 0 bridgehead atoms. The van der Waals surface area contributed by atoms with Crippen molar-refractivity contribution in [1.29, 1.82) is 0 Å². The Morgan fingerprint density at radius 1 is 1.39 bits per heavy atom. The van der Waals surface area contributed by atoms with Crippen molar-refractivity contribution in [1.82, 2.24) is 4.90 Å². The summed E-state index contributed by atoms with van der Waals surface area (Å²) in [6, 6.07) is 9.59. The SMILES string of the molecule is CCC1(O)CN(CC(=O)N(C)c2ccccc2)C1. The van der Waals surface area contributed by atoms with Crippen LogP contribution in [0.1, 0.15) is 13.3 Å². The van der Waals surface area contributed by atoms with E-state index in [1.807, 2.05) is 42.2 Å². The third kappa shape index (κ3) is 2.71. The molecule has 1 fully saturated rings. The van der Waals surface area contributed by atoms with Gasteiger partial charge in [-0.05, 0) is 18.6 Å². The summed E-state index contributed by atoms with van der Waals surface area (Å²) in [6.45, 7) is 3.53. The number of rotatable bonds is 4. The number of anilines is 1. The molecular weight excluding hydrogens is 228 g/mol. The Morgan fingerprint density at radius 2 is 2.00 bits per heavy atom. The van der Waals surface area contributed by atoms with Gasteiger partial charge >= 0.3 is 0 Å². The van der Waals surface area contributed by atoms with Gasteiger partial charge < -0.3 is 10.0 Å². The summed E-state index contributed by atoms with van der Waals surface area (Å²) < 4.78 is 0. The Hall–Kier alpha value is -1.39. The first kappa shape index (κ1) is 13.1. The molecule has 1 heterocycles. The lowest BCUT2D eigenvalue weighted by Gasteiger charge is -2.46. The van der Waals surface area contributed by atoms with E-state index in [1.54, 1.807) is 11.9 Å². The lowest BCUT2D eigenvalue weighted by atomic mass is 9.91. The highest BCUT2D eigenvalue weighted by atomic mass is 16.3. The molecule has 0 aliphatic carbocycles. The van der Waals surface area contributed by atoms with Crippen LogP contribution in [0, 0.1) is 0 Å². The summed E-state index contributed by atoms with van der Waals surface area (Å²) in [7, 11) is 1.78. The van der Waals surface area contributed by atoms with E-state index in [2.05, 4.69) is 0 Å². The van der Waals surface area contributed by atoms with Crippen molar-refractivity contribution in [3.63, 3.8) is 0 Å². The predicted octanol–water partition coefficient (Wildman–Crippen LogP) is 1.11. The summed E-state index contributed by atoms with van der Waals surface area (Å²) in [5.74, 6) is 0.0550. The van der Waals surface area contributed by atoms with Gasteiger partial charge in [0.05, 0.1) is 12.1 Å². The van der Waals surface area contributed by atoms with Gasteiger partial charge in [-0.3, -0.25) is 9.69 Å². The smallest absolute Gasteiger partial charge is 0.240 e. The largest absolute Gasteiger partial charge is 0.387 e. The van der Waals surface area contributed by atoms with Gasteiger partial charge in [0.25, 0.3) is 0 Å². The van der Waals surface area contributed by atoms with Gasteiger partial charge in [0.1, 0.15) is 0 Å². The number of likely N-dealkylation sites (N-methyl/N-ethyl adjacent to an activating group) is 1. The van der Waals surface area contributed by atoms with Gasteiger partial charge in [-0.15, -0.1) is 0 Å². The number of hydrogen-bond acceptors (Lipinski definition) is 3. The average molecular weight is 248 g/mol. The van der Waals surface area contributed by atoms with Gasteiger partial charge in [-0.25, -0.2) is 0 Å². The first-order valence-electron chi connectivity index (χ1n) is 6.30. The molecule has 1 amide bonds. The molecule has 2 rings (SSSR count). The van der Waals surface area contributed by atoms with Crippen LogP contribution >= 0.6 is 0 Å². The predicted molar refractivity (Wildman–Crippen MR) is 71.5 cm³/mol. The van der Waals surface area contributed by atoms with Gasteiger partial charge in [-0.1, -0.05) is 25.1 Å². The van der Waals surface area contributed by atoms with Crippen LogP contribution < -0.4 is 4.90 Å². The normalized spacial score (nSPS) is 18.2. The van der Waals surface area contributed by atoms with E-state index in [0.717, 1.165) is 12.1 Å². The number of nitrogens with zero attached hydrogens (tertiary/aromatic N) is 2. The van der Waals surface area contributed by atoms with Crippen molar-refractivity contribution in [2.75, 3.05) is 31.6 Å². The van der Waals surface area contributed by atoms with E-state index < -0.39 is 5.60 Å². The first-order chi connectivity index (χ1) is 8.54. The molecule has 4 heteroatoms. The minimum Gasteiger partial charge on any atom is -0.387 e. The Labute approximate surface area is 108 Å². The lowest BCUT2D eigenvalue weighted by Crippen LogP contribution is -2.63. The van der Waals surface area contributed by atoms with Crippen molar-refractivity contribution in [2.45, 2.75) is 18.9 Å². The highest BCUT2D eigenvalue weighted by Crippen LogP contribution is 2.24. The number of para-hydroxylation sites is 1. The van der Waals surface area contributed by atoms with Gasteiger partial charge in [-0.2, -0.15) is 0 Å². The maximum absolute atomic E-state index is 12.0. The average Bonchev–Trinajstić information content (AvgIpc) is 2.36. The zero-order valence-corrected chi connectivity index (χ0v) is 11.0. The summed E-state index contributed by atoms with van der Waals surface area (Å²) in [6.07, 6.45) is 0.742. The highest BCUT2D eigenvalue weighted by Gasteiger charge is 2.40. The van der Waals surface area contributed by atoms with Crippen LogP contribution in [0.15, 0.2) is 30.3 Å². The molecule has 0 atom stereocenters. The molecule has 98 valence electrons. The Kier molecular flexibility index (Phi) is 3.68. The summed E-state index contributed by atoms with van der Waals surface area (Å²) in [5, 5.41) is 9.89. The highest BCUT2D eigenvalue weighted by molar-refractivity contribution is 5.94. The molecule has 0 spiro atoms. The van der Waals surface area contributed by atoms with Crippen molar-refractivity contribution in [3.05, 3.63) is 30.3 Å². The fraction of sp³-hybridized carbons (Fsp3) is 0.500. The maximum Gasteiger partial charge on any atom is 0.240 e. The number of amides is 1. The van der Waals surface area contributed by atoms with Crippen LogP contribution in [0.5, 0.6) is 0 Å². The van der Waals surface area contributed by atoms with Crippen molar-refractivity contribution >= 4 is 11.6 Å². The molecule has 18 heavy (non-hydrogen) atoms. The summed E-state index contributed by atoms with van der Waals surface area (Å²) >= 11 is 0. The Balaban J connectivity index is 1.86. The maximum atomic E-state index is 12.0. The van der Waals surface area contributed by atoms with Crippen LogP contribution in [-0.2, 0) is 4.79 Å². The third-order valence-electron chi connectivity index (χ3n) is 3.57. The number of likely N-dealkylation sites (tertiary alicyclic amines) is 1. The van der Waals surface area contributed by atoms with Crippen molar-refractivity contribution < 1.29 is 9.90 Å². The fourth-order valence-electron chi connectivity index (χ4n) is 2.21. The zero-order chi connectivity index (χ0) is 13.2. The molecule has 1 N–H and O–H groups in total. The van der Waals surface area contributed by atoms with E-state index in [4.69, 9.17) is 0 Å². The monoisotopic (exact) mass is 248 g/mol. The topological polar surface area (TPSA) is 43.8 Å². The number of aliphatic hydroxyl groups is 1. The molecule has 1 aromatic rings.